The van der Waals surface area contributed by atoms with E-state index in [9.17, 15) is 9.90 Å². The molecule has 0 fully saturated rings. The third-order valence-corrected chi connectivity index (χ3v) is 5.02. The number of rotatable bonds is 4. The number of nitrogens with one attached hydrogen (secondary N) is 1. The van der Waals surface area contributed by atoms with Gasteiger partial charge in [0.2, 0.25) is 0 Å². The molecule has 4 heteroatoms. The number of aromatic carboxylic acids is 1. The van der Waals surface area contributed by atoms with E-state index >= 15 is 0 Å². The first kappa shape index (κ1) is 16.4. The van der Waals surface area contributed by atoms with Gasteiger partial charge in [0.25, 0.3) is 0 Å². The monoisotopic (exact) mass is 367 g/mol. The van der Waals surface area contributed by atoms with Crippen LogP contribution in [0.15, 0.2) is 83.3 Å². The maximum Gasteiger partial charge on any atom is 0.335 e. The lowest BCUT2D eigenvalue weighted by Crippen LogP contribution is -2.02. The van der Waals surface area contributed by atoms with E-state index in [2.05, 4.69) is 17.1 Å². The molecule has 0 amide bonds. The molecule has 2 N–H and O–H groups in total. The number of aromatic amines is 1. The van der Waals surface area contributed by atoms with Gasteiger partial charge in [-0.2, -0.15) is 0 Å². The van der Waals surface area contributed by atoms with Gasteiger partial charge in [0, 0.05) is 34.0 Å². The molecule has 28 heavy (non-hydrogen) atoms. The number of hydrogen-bond acceptors (Lipinski definition) is 2. The molecule has 0 saturated carbocycles. The molecule has 5 aromatic rings. The summed E-state index contributed by atoms with van der Waals surface area (Å²) in [5.74, 6) is -0.0686. The summed E-state index contributed by atoms with van der Waals surface area (Å²) in [6.07, 6.45) is 0.539. The zero-order chi connectivity index (χ0) is 19.1. The molecule has 0 aliphatic heterocycles. The Kier molecular flexibility index (Phi) is 3.76. The molecule has 0 aliphatic rings. The Hall–Kier alpha value is -3.79. The van der Waals surface area contributed by atoms with Crippen molar-refractivity contribution in [2.45, 2.75) is 6.42 Å². The highest BCUT2D eigenvalue weighted by molar-refractivity contribution is 5.90. The summed E-state index contributed by atoms with van der Waals surface area (Å²) in [7, 11) is 0. The maximum absolute atomic E-state index is 11.4. The summed E-state index contributed by atoms with van der Waals surface area (Å²) in [5, 5.41) is 11.5. The van der Waals surface area contributed by atoms with E-state index in [1.54, 1.807) is 12.1 Å². The van der Waals surface area contributed by atoms with Gasteiger partial charge in [-0.1, -0.05) is 36.4 Å². The van der Waals surface area contributed by atoms with Crippen molar-refractivity contribution in [3.63, 3.8) is 0 Å². The van der Waals surface area contributed by atoms with Gasteiger partial charge < -0.3 is 14.5 Å². The zero-order valence-corrected chi connectivity index (χ0v) is 15.0. The number of hydrogen-bond donors (Lipinski definition) is 2. The molecule has 4 nitrogen and oxygen atoms in total. The first-order chi connectivity index (χ1) is 13.7. The predicted molar refractivity (Wildman–Crippen MR) is 110 cm³/mol. The van der Waals surface area contributed by atoms with Gasteiger partial charge in [0.05, 0.1) is 5.56 Å². The second kappa shape index (κ2) is 6.43. The van der Waals surface area contributed by atoms with Gasteiger partial charge >= 0.3 is 5.97 Å². The minimum absolute atomic E-state index is 0.337. The van der Waals surface area contributed by atoms with E-state index in [1.165, 1.54) is 0 Å². The smallest absolute Gasteiger partial charge is 0.335 e. The third-order valence-electron chi connectivity index (χ3n) is 5.02. The van der Waals surface area contributed by atoms with Crippen molar-refractivity contribution in [2.75, 3.05) is 0 Å². The van der Waals surface area contributed by atoms with Gasteiger partial charge in [-0.3, -0.25) is 0 Å². The molecular weight excluding hydrogens is 350 g/mol. The van der Waals surface area contributed by atoms with Crippen molar-refractivity contribution < 1.29 is 14.3 Å². The lowest BCUT2D eigenvalue weighted by molar-refractivity contribution is 0.0696. The Balaban J connectivity index is 1.51. The summed E-state index contributed by atoms with van der Waals surface area (Å²) >= 11 is 0. The second-order valence-electron chi connectivity index (χ2n) is 6.88. The van der Waals surface area contributed by atoms with Crippen LogP contribution in [-0.2, 0) is 6.42 Å². The topological polar surface area (TPSA) is 66.2 Å². The molecule has 136 valence electrons. The Morgan fingerprint density at radius 3 is 2.57 bits per heavy atom. The number of para-hydroxylation sites is 1. The fraction of sp³-hybridized carbons (Fsp3) is 0.0417. The van der Waals surface area contributed by atoms with E-state index in [-0.39, 0.29) is 0 Å². The largest absolute Gasteiger partial charge is 0.478 e. The summed E-state index contributed by atoms with van der Waals surface area (Å²) in [6, 6.07) is 25.3. The number of aromatic nitrogens is 1. The number of fused-ring (bicyclic) bond motifs is 2. The highest BCUT2D eigenvalue weighted by atomic mass is 16.4. The van der Waals surface area contributed by atoms with Gasteiger partial charge in [0.15, 0.2) is 0 Å². The number of benzene rings is 3. The van der Waals surface area contributed by atoms with Crippen LogP contribution in [0.4, 0.5) is 0 Å². The van der Waals surface area contributed by atoms with E-state index in [0.29, 0.717) is 12.0 Å². The van der Waals surface area contributed by atoms with Crippen LogP contribution in [-0.4, -0.2) is 16.1 Å². The molecule has 2 aromatic heterocycles. The number of carboxylic acid groups (broad SMARTS) is 1. The lowest BCUT2D eigenvalue weighted by atomic mass is 10.0. The number of carboxylic acids is 1. The van der Waals surface area contributed by atoms with Crippen molar-refractivity contribution in [3.05, 3.63) is 95.7 Å². The molecule has 0 aliphatic carbocycles. The van der Waals surface area contributed by atoms with Crippen LogP contribution in [0.5, 0.6) is 0 Å². The highest BCUT2D eigenvalue weighted by Crippen LogP contribution is 2.30. The van der Waals surface area contributed by atoms with Gasteiger partial charge in [-0.25, -0.2) is 4.79 Å². The molecule has 0 atom stereocenters. The SMILES string of the molecule is O=C(O)c1ccccc1Cc1cc2cc(-c3cc4ccccc4o3)ccc2[nH]1. The minimum atomic E-state index is -0.904. The Bertz CT molecular complexity index is 1290. The third kappa shape index (κ3) is 2.85. The summed E-state index contributed by atoms with van der Waals surface area (Å²) < 4.78 is 5.97. The summed E-state index contributed by atoms with van der Waals surface area (Å²) in [6.45, 7) is 0. The predicted octanol–water partition coefficient (Wildman–Crippen LogP) is 5.87. The number of carbonyl (C=O) groups is 1. The number of H-pyrrole nitrogens is 1. The number of furan rings is 1. The average Bonchev–Trinajstić information content (AvgIpc) is 3.31. The first-order valence-corrected chi connectivity index (χ1v) is 9.09. The van der Waals surface area contributed by atoms with Crippen LogP contribution in [0.2, 0.25) is 0 Å². The van der Waals surface area contributed by atoms with Crippen molar-refractivity contribution in [1.29, 1.82) is 0 Å². The molecule has 2 heterocycles. The van der Waals surface area contributed by atoms with Crippen LogP contribution in [0.25, 0.3) is 33.2 Å². The molecule has 0 spiro atoms. The van der Waals surface area contributed by atoms with Crippen LogP contribution < -0.4 is 0 Å². The Labute approximate surface area is 161 Å². The highest BCUT2D eigenvalue weighted by Gasteiger charge is 2.12. The van der Waals surface area contributed by atoms with Gasteiger partial charge in [-0.05, 0) is 48.0 Å². The lowest BCUT2D eigenvalue weighted by Gasteiger charge is -2.03. The van der Waals surface area contributed by atoms with Crippen molar-refractivity contribution >= 4 is 27.8 Å². The molecule has 0 unspecified atom stereocenters. The fourth-order valence-corrected chi connectivity index (χ4v) is 3.65. The standard InChI is InChI=1S/C24H17NO3/c26-24(27)20-7-3-1-5-15(20)12-19-13-18-11-17(9-10-21(18)25-19)23-14-16-6-2-4-8-22(16)28-23/h1-11,13-14,25H,12H2,(H,26,27). The quantitative estimate of drug-likeness (QED) is 0.417. The maximum atomic E-state index is 11.4. The second-order valence-corrected chi connectivity index (χ2v) is 6.88. The summed E-state index contributed by atoms with van der Waals surface area (Å²) in [4.78, 5) is 14.8. The first-order valence-electron chi connectivity index (χ1n) is 9.09. The van der Waals surface area contributed by atoms with Gasteiger partial charge in [-0.15, -0.1) is 0 Å². The Morgan fingerprint density at radius 1 is 0.893 bits per heavy atom. The van der Waals surface area contributed by atoms with E-state index in [1.807, 2.05) is 54.6 Å². The molecular formula is C24H17NO3. The normalized spacial score (nSPS) is 11.3. The minimum Gasteiger partial charge on any atom is -0.478 e. The molecule has 0 saturated heterocycles. The fourth-order valence-electron chi connectivity index (χ4n) is 3.65. The summed E-state index contributed by atoms with van der Waals surface area (Å²) in [5.41, 5.74) is 5.01. The molecule has 3 aromatic carbocycles. The molecule has 0 bridgehead atoms. The molecule has 5 rings (SSSR count). The van der Waals surface area contributed by atoms with Crippen LogP contribution in [0.3, 0.4) is 0 Å². The Morgan fingerprint density at radius 2 is 1.71 bits per heavy atom. The van der Waals surface area contributed by atoms with Crippen LogP contribution >= 0.6 is 0 Å². The van der Waals surface area contributed by atoms with Crippen molar-refractivity contribution in [3.8, 4) is 11.3 Å². The van der Waals surface area contributed by atoms with Crippen LogP contribution in [0.1, 0.15) is 21.6 Å². The van der Waals surface area contributed by atoms with E-state index in [0.717, 1.165) is 44.5 Å². The van der Waals surface area contributed by atoms with E-state index in [4.69, 9.17) is 4.42 Å². The average molecular weight is 367 g/mol. The van der Waals surface area contributed by atoms with Crippen LogP contribution in [0, 0.1) is 0 Å². The zero-order valence-electron chi connectivity index (χ0n) is 15.0. The van der Waals surface area contributed by atoms with Crippen molar-refractivity contribution in [2.24, 2.45) is 0 Å². The molecule has 0 radical (unpaired) electrons. The van der Waals surface area contributed by atoms with E-state index < -0.39 is 5.97 Å². The van der Waals surface area contributed by atoms with Gasteiger partial charge in [0.1, 0.15) is 11.3 Å². The van der Waals surface area contributed by atoms with Crippen molar-refractivity contribution in [1.82, 2.24) is 4.98 Å².